The lowest BCUT2D eigenvalue weighted by molar-refractivity contribution is 0.0910. The number of carbonyl (C=O) groups excluding carboxylic acids is 1. The van der Waals surface area contributed by atoms with Crippen LogP contribution in [0.1, 0.15) is 43.0 Å². The number of anilines is 1. The van der Waals surface area contributed by atoms with E-state index in [1.165, 1.54) is 6.42 Å². The molecular weight excluding hydrogens is 283 g/mol. The Labute approximate surface area is 123 Å². The van der Waals surface area contributed by atoms with Crippen LogP contribution >= 0.6 is 23.2 Å². The Balaban J connectivity index is 2.15. The molecule has 0 saturated heterocycles. The predicted octanol–water partition coefficient (Wildman–Crippen LogP) is 3.88. The van der Waals surface area contributed by atoms with Gasteiger partial charge in [-0.05, 0) is 30.9 Å². The molecular formula is C14H18Cl2N2O. The number of amides is 1. The molecule has 0 aromatic heterocycles. The van der Waals surface area contributed by atoms with Gasteiger partial charge in [0.15, 0.2) is 0 Å². The highest BCUT2D eigenvalue weighted by Gasteiger charge is 2.24. The first-order valence-corrected chi connectivity index (χ1v) is 7.30. The van der Waals surface area contributed by atoms with E-state index in [2.05, 4.69) is 12.2 Å². The molecule has 2 rings (SSSR count). The topological polar surface area (TPSA) is 55.1 Å². The molecule has 0 spiro atoms. The summed E-state index contributed by atoms with van der Waals surface area (Å²) in [5.41, 5.74) is 6.50. The third-order valence-electron chi connectivity index (χ3n) is 3.72. The molecule has 2 unspecified atom stereocenters. The number of rotatable bonds is 2. The van der Waals surface area contributed by atoms with E-state index in [1.54, 1.807) is 12.1 Å². The Kier molecular flexibility index (Phi) is 4.58. The smallest absolute Gasteiger partial charge is 0.253 e. The van der Waals surface area contributed by atoms with Crippen molar-refractivity contribution in [3.8, 4) is 0 Å². The van der Waals surface area contributed by atoms with E-state index in [9.17, 15) is 4.79 Å². The monoisotopic (exact) mass is 300 g/mol. The molecule has 1 saturated carbocycles. The summed E-state index contributed by atoms with van der Waals surface area (Å²) in [5, 5.41) is 3.61. The molecule has 0 radical (unpaired) electrons. The summed E-state index contributed by atoms with van der Waals surface area (Å²) in [5.74, 6) is 0.297. The molecule has 19 heavy (non-hydrogen) atoms. The molecule has 1 aromatic rings. The molecule has 5 heteroatoms. The van der Waals surface area contributed by atoms with Gasteiger partial charge in [0.05, 0.1) is 15.6 Å². The van der Waals surface area contributed by atoms with E-state index in [0.29, 0.717) is 22.2 Å². The van der Waals surface area contributed by atoms with Crippen LogP contribution in [0, 0.1) is 5.92 Å². The zero-order chi connectivity index (χ0) is 14.0. The van der Waals surface area contributed by atoms with Gasteiger partial charge in [0.1, 0.15) is 0 Å². The maximum atomic E-state index is 12.3. The number of nitrogen functional groups attached to an aromatic ring is 1. The Morgan fingerprint density at radius 2 is 2.00 bits per heavy atom. The van der Waals surface area contributed by atoms with Gasteiger partial charge in [-0.1, -0.05) is 43.0 Å². The van der Waals surface area contributed by atoms with Gasteiger partial charge in [-0.15, -0.1) is 0 Å². The molecule has 1 aliphatic carbocycles. The van der Waals surface area contributed by atoms with Crippen molar-refractivity contribution in [2.24, 2.45) is 5.92 Å². The number of hydrogen-bond donors (Lipinski definition) is 2. The van der Waals surface area contributed by atoms with E-state index >= 15 is 0 Å². The van der Waals surface area contributed by atoms with Gasteiger partial charge in [-0.3, -0.25) is 4.79 Å². The van der Waals surface area contributed by atoms with Crippen molar-refractivity contribution in [2.45, 2.75) is 38.6 Å². The van der Waals surface area contributed by atoms with Crippen LogP contribution in [0.4, 0.5) is 5.69 Å². The lowest BCUT2D eigenvalue weighted by atomic mass is 9.86. The normalized spacial score (nSPS) is 23.1. The maximum absolute atomic E-state index is 12.3. The summed E-state index contributed by atoms with van der Waals surface area (Å²) < 4.78 is 0. The summed E-state index contributed by atoms with van der Waals surface area (Å²) in [6, 6.07) is 3.32. The Morgan fingerprint density at radius 3 is 2.68 bits per heavy atom. The second-order valence-electron chi connectivity index (χ2n) is 5.21. The van der Waals surface area contributed by atoms with Crippen molar-refractivity contribution >= 4 is 34.8 Å². The Bertz CT molecular complexity index is 491. The fraction of sp³-hybridized carbons (Fsp3) is 0.500. The van der Waals surface area contributed by atoms with E-state index < -0.39 is 0 Å². The van der Waals surface area contributed by atoms with Gasteiger partial charge < -0.3 is 11.1 Å². The van der Waals surface area contributed by atoms with Crippen molar-refractivity contribution in [1.82, 2.24) is 5.32 Å². The molecule has 0 aliphatic heterocycles. The highest BCUT2D eigenvalue weighted by molar-refractivity contribution is 6.44. The molecule has 1 fully saturated rings. The standard InChI is InChI=1S/C14H18Cl2N2O/c1-8-4-2-3-5-12(8)18-14(19)10-6-9(17)7-11(15)13(10)16/h6-8,12H,2-5,17H2,1H3,(H,18,19). The largest absolute Gasteiger partial charge is 0.399 e. The minimum absolute atomic E-state index is 0.196. The van der Waals surface area contributed by atoms with E-state index in [0.717, 1.165) is 19.3 Å². The first-order chi connectivity index (χ1) is 8.99. The zero-order valence-corrected chi connectivity index (χ0v) is 12.4. The van der Waals surface area contributed by atoms with Crippen LogP contribution in [0.2, 0.25) is 10.0 Å². The average Bonchev–Trinajstić information content (AvgIpc) is 2.36. The summed E-state index contributed by atoms with van der Waals surface area (Å²) in [7, 11) is 0. The highest BCUT2D eigenvalue weighted by Crippen LogP contribution is 2.30. The predicted molar refractivity (Wildman–Crippen MR) is 79.8 cm³/mol. The van der Waals surface area contributed by atoms with Gasteiger partial charge in [-0.25, -0.2) is 0 Å². The summed E-state index contributed by atoms with van der Waals surface area (Å²) in [4.78, 5) is 12.3. The van der Waals surface area contributed by atoms with Crippen LogP contribution in [-0.2, 0) is 0 Å². The van der Waals surface area contributed by atoms with Gasteiger partial charge in [0, 0.05) is 11.7 Å². The lowest BCUT2D eigenvalue weighted by Gasteiger charge is -2.29. The van der Waals surface area contributed by atoms with Crippen LogP contribution in [0.15, 0.2) is 12.1 Å². The summed E-state index contributed by atoms with van der Waals surface area (Å²) in [6.07, 6.45) is 4.55. The van der Waals surface area contributed by atoms with Crippen LogP contribution in [-0.4, -0.2) is 11.9 Å². The molecule has 1 aliphatic rings. The Morgan fingerprint density at radius 1 is 1.32 bits per heavy atom. The summed E-state index contributed by atoms with van der Waals surface area (Å²) >= 11 is 12.0. The molecule has 1 amide bonds. The van der Waals surface area contributed by atoms with Crippen LogP contribution < -0.4 is 11.1 Å². The molecule has 2 atom stereocenters. The van der Waals surface area contributed by atoms with Gasteiger partial charge in [0.2, 0.25) is 0 Å². The highest BCUT2D eigenvalue weighted by atomic mass is 35.5. The number of carbonyl (C=O) groups is 1. The van der Waals surface area contributed by atoms with Crippen molar-refractivity contribution in [3.63, 3.8) is 0 Å². The molecule has 3 N–H and O–H groups in total. The SMILES string of the molecule is CC1CCCCC1NC(=O)c1cc(N)cc(Cl)c1Cl. The van der Waals surface area contributed by atoms with Gasteiger partial charge >= 0.3 is 0 Å². The van der Waals surface area contributed by atoms with Crippen LogP contribution in [0.3, 0.4) is 0 Å². The van der Waals surface area contributed by atoms with Crippen molar-refractivity contribution < 1.29 is 4.79 Å². The fourth-order valence-corrected chi connectivity index (χ4v) is 2.97. The van der Waals surface area contributed by atoms with Crippen molar-refractivity contribution in [1.29, 1.82) is 0 Å². The summed E-state index contributed by atoms with van der Waals surface area (Å²) in [6.45, 7) is 2.16. The quantitative estimate of drug-likeness (QED) is 0.814. The van der Waals surface area contributed by atoms with E-state index in [4.69, 9.17) is 28.9 Å². The van der Waals surface area contributed by atoms with E-state index in [1.807, 2.05) is 0 Å². The first kappa shape index (κ1) is 14.5. The second kappa shape index (κ2) is 6.02. The van der Waals surface area contributed by atoms with Crippen LogP contribution in [0.25, 0.3) is 0 Å². The third kappa shape index (κ3) is 3.34. The molecule has 0 bridgehead atoms. The molecule has 104 valence electrons. The van der Waals surface area contributed by atoms with Gasteiger partial charge in [0.25, 0.3) is 5.91 Å². The van der Waals surface area contributed by atoms with Crippen molar-refractivity contribution in [2.75, 3.05) is 5.73 Å². The first-order valence-electron chi connectivity index (χ1n) is 6.54. The number of nitrogens with one attached hydrogen (secondary N) is 1. The molecule has 0 heterocycles. The average molecular weight is 301 g/mol. The third-order valence-corrected chi connectivity index (χ3v) is 4.53. The minimum atomic E-state index is -0.196. The number of halogens is 2. The van der Waals surface area contributed by atoms with Crippen LogP contribution in [0.5, 0.6) is 0 Å². The lowest BCUT2D eigenvalue weighted by Crippen LogP contribution is -2.41. The zero-order valence-electron chi connectivity index (χ0n) is 10.9. The second-order valence-corrected chi connectivity index (χ2v) is 5.99. The Hall–Kier alpha value is -0.930. The van der Waals surface area contributed by atoms with E-state index in [-0.39, 0.29) is 17.0 Å². The fourth-order valence-electron chi connectivity index (χ4n) is 2.55. The van der Waals surface area contributed by atoms with Crippen molar-refractivity contribution in [3.05, 3.63) is 27.7 Å². The molecule has 3 nitrogen and oxygen atoms in total. The maximum Gasteiger partial charge on any atom is 0.253 e. The van der Waals surface area contributed by atoms with Gasteiger partial charge in [-0.2, -0.15) is 0 Å². The molecule has 1 aromatic carbocycles. The number of nitrogens with two attached hydrogens (primary N) is 1. The number of benzene rings is 1. The number of hydrogen-bond acceptors (Lipinski definition) is 2. The minimum Gasteiger partial charge on any atom is -0.399 e.